The third-order valence-corrected chi connectivity index (χ3v) is 5.28. The molecule has 0 aromatic heterocycles. The molecule has 0 aliphatic carbocycles. The van der Waals surface area contributed by atoms with Crippen molar-refractivity contribution in [2.45, 2.75) is 45.3 Å². The van der Waals surface area contributed by atoms with Crippen molar-refractivity contribution in [3.63, 3.8) is 0 Å². The highest BCUT2D eigenvalue weighted by Crippen LogP contribution is 2.29. The Balaban J connectivity index is 4.75. The van der Waals surface area contributed by atoms with Gasteiger partial charge in [-0.1, -0.05) is 32.9 Å². The van der Waals surface area contributed by atoms with Crippen molar-refractivity contribution in [2.75, 3.05) is 12.8 Å². The SMILES string of the molecule is CCC(CC)(CNC(=O)C(C(N)=NO)C(C)C)SC. The van der Waals surface area contributed by atoms with Crippen molar-refractivity contribution in [2.24, 2.45) is 22.7 Å². The van der Waals surface area contributed by atoms with Crippen LogP contribution in [0.3, 0.4) is 0 Å². The number of nitrogens with one attached hydrogen (secondary N) is 1. The molecule has 1 unspecified atom stereocenters. The topological polar surface area (TPSA) is 87.7 Å². The van der Waals surface area contributed by atoms with E-state index < -0.39 is 5.92 Å². The number of hydrogen-bond donors (Lipinski definition) is 3. The van der Waals surface area contributed by atoms with Gasteiger partial charge < -0.3 is 16.3 Å². The van der Waals surface area contributed by atoms with Gasteiger partial charge in [-0.25, -0.2) is 0 Å². The molecule has 6 heteroatoms. The molecule has 1 atom stereocenters. The molecule has 0 bridgehead atoms. The zero-order chi connectivity index (χ0) is 15.1. The summed E-state index contributed by atoms with van der Waals surface area (Å²) in [5.41, 5.74) is 5.59. The summed E-state index contributed by atoms with van der Waals surface area (Å²) >= 11 is 1.77. The molecule has 19 heavy (non-hydrogen) atoms. The van der Waals surface area contributed by atoms with E-state index in [0.717, 1.165) is 12.8 Å². The molecule has 0 heterocycles. The molecule has 5 nitrogen and oxygen atoms in total. The summed E-state index contributed by atoms with van der Waals surface area (Å²) in [5, 5.41) is 14.7. The Kier molecular flexibility index (Phi) is 7.90. The van der Waals surface area contributed by atoms with Gasteiger partial charge in [0.25, 0.3) is 0 Å². The van der Waals surface area contributed by atoms with Crippen molar-refractivity contribution in [3.05, 3.63) is 0 Å². The van der Waals surface area contributed by atoms with Crippen molar-refractivity contribution in [3.8, 4) is 0 Å². The van der Waals surface area contributed by atoms with Crippen LogP contribution in [0.15, 0.2) is 5.16 Å². The van der Waals surface area contributed by atoms with Gasteiger partial charge in [-0.3, -0.25) is 4.79 Å². The molecule has 0 fully saturated rings. The minimum atomic E-state index is -0.585. The summed E-state index contributed by atoms with van der Waals surface area (Å²) in [7, 11) is 0. The van der Waals surface area contributed by atoms with Crippen molar-refractivity contribution >= 4 is 23.5 Å². The van der Waals surface area contributed by atoms with Crippen LogP contribution in [0, 0.1) is 11.8 Å². The zero-order valence-corrected chi connectivity index (χ0v) is 13.4. The fraction of sp³-hybridized carbons (Fsp3) is 0.846. The molecule has 0 saturated carbocycles. The molecule has 0 aromatic carbocycles. The van der Waals surface area contributed by atoms with E-state index in [-0.39, 0.29) is 22.4 Å². The van der Waals surface area contributed by atoms with E-state index in [9.17, 15) is 4.79 Å². The van der Waals surface area contributed by atoms with Crippen LogP contribution in [0.5, 0.6) is 0 Å². The van der Waals surface area contributed by atoms with Gasteiger partial charge in [0.15, 0.2) is 5.84 Å². The molecule has 112 valence electrons. The number of carbonyl (C=O) groups excluding carboxylic acids is 1. The number of amidine groups is 1. The summed E-state index contributed by atoms with van der Waals surface area (Å²) < 4.78 is 0.0578. The molecule has 4 N–H and O–H groups in total. The van der Waals surface area contributed by atoms with Crippen molar-refractivity contribution < 1.29 is 10.0 Å². The highest BCUT2D eigenvalue weighted by molar-refractivity contribution is 8.00. The predicted octanol–water partition coefficient (Wildman–Crippen LogP) is 2.04. The van der Waals surface area contributed by atoms with Crippen LogP contribution in [0.25, 0.3) is 0 Å². The van der Waals surface area contributed by atoms with Gasteiger partial charge in [0.2, 0.25) is 5.91 Å². The minimum absolute atomic E-state index is 0.0113. The van der Waals surface area contributed by atoms with Crippen LogP contribution in [0.1, 0.15) is 40.5 Å². The largest absolute Gasteiger partial charge is 0.409 e. The maximum Gasteiger partial charge on any atom is 0.231 e. The lowest BCUT2D eigenvalue weighted by molar-refractivity contribution is -0.124. The number of hydrogen-bond acceptors (Lipinski definition) is 4. The van der Waals surface area contributed by atoms with Crippen LogP contribution in [-0.2, 0) is 4.79 Å². The number of carbonyl (C=O) groups is 1. The average Bonchev–Trinajstić information content (AvgIpc) is 2.40. The lowest BCUT2D eigenvalue weighted by Crippen LogP contribution is -2.46. The number of thioether (sulfide) groups is 1. The highest BCUT2D eigenvalue weighted by Gasteiger charge is 2.30. The second-order valence-corrected chi connectivity index (χ2v) is 6.33. The molecule has 0 aromatic rings. The van der Waals surface area contributed by atoms with Gasteiger partial charge in [0.05, 0.1) is 0 Å². The fourth-order valence-corrected chi connectivity index (χ4v) is 2.85. The van der Waals surface area contributed by atoms with E-state index in [0.29, 0.717) is 6.54 Å². The number of oxime groups is 1. The van der Waals surface area contributed by atoms with E-state index in [1.165, 1.54) is 0 Å². The Bertz CT molecular complexity index is 307. The monoisotopic (exact) mass is 289 g/mol. The molecule has 0 aliphatic rings. The van der Waals surface area contributed by atoms with E-state index in [1.807, 2.05) is 13.8 Å². The van der Waals surface area contributed by atoms with Crippen LogP contribution in [-0.4, -0.2) is 34.5 Å². The first-order valence-corrected chi connectivity index (χ1v) is 7.90. The number of nitrogens with two attached hydrogens (primary N) is 1. The van der Waals surface area contributed by atoms with E-state index in [2.05, 4.69) is 30.6 Å². The van der Waals surface area contributed by atoms with E-state index >= 15 is 0 Å². The standard InChI is InChI=1S/C13H27N3O2S/c1-6-13(7-2,19-5)8-15-12(17)10(9(3)4)11(14)16-18/h9-10,18H,6-8H2,1-5H3,(H2,14,16)(H,15,17). The van der Waals surface area contributed by atoms with Gasteiger partial charge in [0.1, 0.15) is 5.92 Å². The number of rotatable bonds is 8. The number of amides is 1. The summed E-state index contributed by atoms with van der Waals surface area (Å²) in [5.74, 6) is -0.804. The maximum atomic E-state index is 12.2. The summed E-state index contributed by atoms with van der Waals surface area (Å²) in [6, 6.07) is 0. The first-order chi connectivity index (χ1) is 8.87. The Morgan fingerprint density at radius 3 is 2.26 bits per heavy atom. The maximum absolute atomic E-state index is 12.2. The third-order valence-electron chi connectivity index (χ3n) is 3.69. The van der Waals surface area contributed by atoms with Crippen LogP contribution in [0.4, 0.5) is 0 Å². The lowest BCUT2D eigenvalue weighted by Gasteiger charge is -2.31. The van der Waals surface area contributed by atoms with Gasteiger partial charge in [-0.05, 0) is 25.0 Å². The zero-order valence-electron chi connectivity index (χ0n) is 12.6. The van der Waals surface area contributed by atoms with Crippen molar-refractivity contribution in [1.29, 1.82) is 0 Å². The highest BCUT2D eigenvalue weighted by atomic mass is 32.2. The smallest absolute Gasteiger partial charge is 0.231 e. The third kappa shape index (κ3) is 4.93. The molecule has 0 saturated heterocycles. The lowest BCUT2D eigenvalue weighted by atomic mass is 9.93. The van der Waals surface area contributed by atoms with Gasteiger partial charge in [-0.2, -0.15) is 11.8 Å². The van der Waals surface area contributed by atoms with Gasteiger partial charge in [-0.15, -0.1) is 0 Å². The Morgan fingerprint density at radius 2 is 1.95 bits per heavy atom. The summed E-state index contributed by atoms with van der Waals surface area (Å²) in [6.07, 6.45) is 4.03. The number of nitrogens with zero attached hydrogens (tertiary/aromatic N) is 1. The first kappa shape index (κ1) is 18.1. The molecule has 0 radical (unpaired) electrons. The summed E-state index contributed by atoms with van der Waals surface area (Å²) in [4.78, 5) is 12.2. The molecule has 1 amide bonds. The molecule has 0 spiro atoms. The second kappa shape index (κ2) is 8.30. The second-order valence-electron chi connectivity index (χ2n) is 5.06. The molecular formula is C13H27N3O2S. The average molecular weight is 289 g/mol. The molecule has 0 aliphatic heterocycles. The first-order valence-electron chi connectivity index (χ1n) is 6.67. The van der Waals surface area contributed by atoms with Crippen LogP contribution < -0.4 is 11.1 Å². The fourth-order valence-electron chi connectivity index (χ4n) is 2.06. The van der Waals surface area contributed by atoms with Crippen LogP contribution in [0.2, 0.25) is 0 Å². The van der Waals surface area contributed by atoms with Gasteiger partial charge >= 0.3 is 0 Å². The van der Waals surface area contributed by atoms with Crippen LogP contribution >= 0.6 is 11.8 Å². The van der Waals surface area contributed by atoms with E-state index in [4.69, 9.17) is 10.9 Å². The quantitative estimate of drug-likeness (QED) is 0.276. The Morgan fingerprint density at radius 1 is 1.42 bits per heavy atom. The Labute approximate surface area is 120 Å². The summed E-state index contributed by atoms with van der Waals surface area (Å²) in [6.45, 7) is 8.60. The van der Waals surface area contributed by atoms with E-state index in [1.54, 1.807) is 11.8 Å². The molecular weight excluding hydrogens is 262 g/mol. The normalized spacial score (nSPS) is 14.5. The van der Waals surface area contributed by atoms with Crippen molar-refractivity contribution in [1.82, 2.24) is 5.32 Å². The minimum Gasteiger partial charge on any atom is -0.409 e. The van der Waals surface area contributed by atoms with Gasteiger partial charge in [0, 0.05) is 11.3 Å². The Hall–Kier alpha value is -0.910. The molecule has 0 rings (SSSR count). The predicted molar refractivity (Wildman–Crippen MR) is 81.6 cm³/mol.